The van der Waals surface area contributed by atoms with E-state index in [0.29, 0.717) is 30.6 Å². The molecule has 1 fully saturated rings. The van der Waals surface area contributed by atoms with E-state index in [1.807, 2.05) is 17.0 Å². The van der Waals surface area contributed by atoms with Gasteiger partial charge in [-0.25, -0.2) is 4.98 Å². The van der Waals surface area contributed by atoms with Crippen LogP contribution in [0.1, 0.15) is 38.1 Å². The molecule has 2 heterocycles. The Labute approximate surface area is 143 Å². The van der Waals surface area contributed by atoms with E-state index in [9.17, 15) is 4.79 Å². The highest BCUT2D eigenvalue weighted by Gasteiger charge is 2.25. The molecule has 3 rings (SSSR count). The summed E-state index contributed by atoms with van der Waals surface area (Å²) in [5.74, 6) is 2.79. The fraction of sp³-hybridized carbons (Fsp3) is 0.500. The number of hydrogen-bond acceptors (Lipinski definition) is 3. The van der Waals surface area contributed by atoms with Crippen LogP contribution < -0.4 is 0 Å². The van der Waals surface area contributed by atoms with E-state index in [0.717, 1.165) is 24.4 Å². The molecule has 1 aromatic carbocycles. The van der Waals surface area contributed by atoms with Gasteiger partial charge in [-0.1, -0.05) is 43.7 Å². The zero-order valence-corrected chi connectivity index (χ0v) is 14.8. The van der Waals surface area contributed by atoms with Gasteiger partial charge in [-0.05, 0) is 25.2 Å². The van der Waals surface area contributed by atoms with Gasteiger partial charge in [0.2, 0.25) is 5.91 Å². The lowest BCUT2D eigenvalue weighted by molar-refractivity contribution is -0.133. The Morgan fingerprint density at radius 1 is 1.21 bits per heavy atom. The van der Waals surface area contributed by atoms with Crippen molar-refractivity contribution in [3.05, 3.63) is 41.9 Å². The summed E-state index contributed by atoms with van der Waals surface area (Å²) in [5, 5.41) is 0. The van der Waals surface area contributed by atoms with Crippen LogP contribution in [0, 0.1) is 18.8 Å². The predicted molar refractivity (Wildman–Crippen MR) is 94.5 cm³/mol. The number of aryl methyl sites for hydroxylation is 2. The summed E-state index contributed by atoms with van der Waals surface area (Å²) >= 11 is 0. The van der Waals surface area contributed by atoms with Crippen molar-refractivity contribution < 1.29 is 9.21 Å². The van der Waals surface area contributed by atoms with Gasteiger partial charge >= 0.3 is 0 Å². The van der Waals surface area contributed by atoms with Gasteiger partial charge < -0.3 is 9.32 Å². The number of likely N-dealkylation sites (tertiary alicyclic amines) is 1. The molecule has 1 aromatic heterocycles. The molecule has 2 aromatic rings. The van der Waals surface area contributed by atoms with Crippen molar-refractivity contribution in [2.24, 2.45) is 11.8 Å². The molecular weight excluding hydrogens is 300 g/mol. The van der Waals surface area contributed by atoms with Crippen molar-refractivity contribution in [2.45, 2.75) is 40.0 Å². The maximum Gasteiger partial charge on any atom is 0.223 e. The number of nitrogens with zero attached hydrogens (tertiary/aromatic N) is 2. The SMILES string of the molecule is Cc1ccc(-c2cnc(CCC(=O)N3CC(C)CC(C)C3)o2)cc1. The van der Waals surface area contributed by atoms with Crippen molar-refractivity contribution >= 4 is 5.91 Å². The summed E-state index contributed by atoms with van der Waals surface area (Å²) in [4.78, 5) is 18.8. The lowest BCUT2D eigenvalue weighted by Gasteiger charge is -2.35. The number of carbonyl (C=O) groups excluding carboxylic acids is 1. The number of amides is 1. The fourth-order valence-corrected chi connectivity index (χ4v) is 3.52. The van der Waals surface area contributed by atoms with Crippen molar-refractivity contribution in [1.82, 2.24) is 9.88 Å². The van der Waals surface area contributed by atoms with Crippen LogP contribution in [0.5, 0.6) is 0 Å². The third-order valence-corrected chi connectivity index (χ3v) is 4.66. The molecular formula is C20H26N2O2. The highest BCUT2D eigenvalue weighted by molar-refractivity contribution is 5.76. The Balaban J connectivity index is 1.57. The lowest BCUT2D eigenvalue weighted by atomic mass is 9.91. The van der Waals surface area contributed by atoms with E-state index in [4.69, 9.17) is 4.42 Å². The van der Waals surface area contributed by atoms with Crippen LogP contribution in [0.25, 0.3) is 11.3 Å². The summed E-state index contributed by atoms with van der Waals surface area (Å²) in [7, 11) is 0. The minimum atomic E-state index is 0.212. The number of benzene rings is 1. The summed E-state index contributed by atoms with van der Waals surface area (Å²) in [6.45, 7) is 8.26. The van der Waals surface area contributed by atoms with E-state index in [1.165, 1.54) is 12.0 Å². The van der Waals surface area contributed by atoms with Crippen LogP contribution in [0.4, 0.5) is 0 Å². The fourth-order valence-electron chi connectivity index (χ4n) is 3.52. The third-order valence-electron chi connectivity index (χ3n) is 4.66. The molecule has 1 amide bonds. The van der Waals surface area contributed by atoms with Crippen molar-refractivity contribution in [1.29, 1.82) is 0 Å². The second kappa shape index (κ2) is 7.20. The Morgan fingerprint density at radius 3 is 2.54 bits per heavy atom. The number of hydrogen-bond donors (Lipinski definition) is 0. The minimum absolute atomic E-state index is 0.212. The van der Waals surface area contributed by atoms with Crippen LogP contribution in [-0.4, -0.2) is 28.9 Å². The number of oxazole rings is 1. The molecule has 1 aliphatic rings. The average Bonchev–Trinajstić information content (AvgIpc) is 3.01. The maximum absolute atomic E-state index is 12.4. The van der Waals surface area contributed by atoms with E-state index in [1.54, 1.807) is 6.20 Å². The molecule has 0 bridgehead atoms. The Kier molecular flexibility index (Phi) is 5.03. The molecule has 0 saturated carbocycles. The second-order valence-electron chi connectivity index (χ2n) is 7.23. The van der Waals surface area contributed by atoms with Gasteiger partial charge in [0.1, 0.15) is 0 Å². The van der Waals surface area contributed by atoms with Crippen LogP contribution in [-0.2, 0) is 11.2 Å². The summed E-state index contributed by atoms with van der Waals surface area (Å²) in [5.41, 5.74) is 2.23. The van der Waals surface area contributed by atoms with Crippen LogP contribution in [0.2, 0.25) is 0 Å². The van der Waals surface area contributed by atoms with Gasteiger partial charge in [0.25, 0.3) is 0 Å². The lowest BCUT2D eigenvalue weighted by Crippen LogP contribution is -2.42. The first kappa shape index (κ1) is 16.7. The molecule has 1 aliphatic heterocycles. The number of piperidine rings is 1. The standard InChI is InChI=1S/C20H26N2O2/c1-14-4-6-17(7-5-14)18-11-21-19(24-18)8-9-20(23)22-12-15(2)10-16(3)13-22/h4-7,11,15-16H,8-10,12-13H2,1-3H3. The topological polar surface area (TPSA) is 46.3 Å². The molecule has 4 nitrogen and oxygen atoms in total. The van der Waals surface area contributed by atoms with Crippen LogP contribution >= 0.6 is 0 Å². The normalized spacial score (nSPS) is 21.0. The molecule has 128 valence electrons. The molecule has 0 spiro atoms. The minimum Gasteiger partial charge on any atom is -0.441 e. The highest BCUT2D eigenvalue weighted by atomic mass is 16.4. The first-order chi connectivity index (χ1) is 11.5. The molecule has 0 aliphatic carbocycles. The molecule has 4 heteroatoms. The Morgan fingerprint density at radius 2 is 1.88 bits per heavy atom. The van der Waals surface area contributed by atoms with Crippen molar-refractivity contribution in [2.75, 3.05) is 13.1 Å². The third kappa shape index (κ3) is 4.05. The molecule has 1 saturated heterocycles. The van der Waals surface area contributed by atoms with Gasteiger partial charge in [0, 0.05) is 31.5 Å². The van der Waals surface area contributed by atoms with E-state index < -0.39 is 0 Å². The van der Waals surface area contributed by atoms with Crippen LogP contribution in [0.3, 0.4) is 0 Å². The molecule has 24 heavy (non-hydrogen) atoms. The average molecular weight is 326 g/mol. The second-order valence-corrected chi connectivity index (χ2v) is 7.23. The molecule has 0 radical (unpaired) electrons. The first-order valence-corrected chi connectivity index (χ1v) is 8.81. The van der Waals surface area contributed by atoms with Gasteiger partial charge in [-0.2, -0.15) is 0 Å². The maximum atomic E-state index is 12.4. The summed E-state index contributed by atoms with van der Waals surface area (Å²) in [6.07, 6.45) is 3.98. The predicted octanol–water partition coefficient (Wildman–Crippen LogP) is 4.09. The zero-order chi connectivity index (χ0) is 17.1. The van der Waals surface area contributed by atoms with Gasteiger partial charge in [-0.15, -0.1) is 0 Å². The van der Waals surface area contributed by atoms with Gasteiger partial charge in [-0.3, -0.25) is 4.79 Å². The van der Waals surface area contributed by atoms with Crippen molar-refractivity contribution in [3.8, 4) is 11.3 Å². The highest BCUT2D eigenvalue weighted by Crippen LogP contribution is 2.23. The Bertz CT molecular complexity index is 680. The molecule has 2 atom stereocenters. The van der Waals surface area contributed by atoms with Crippen molar-refractivity contribution in [3.63, 3.8) is 0 Å². The Hall–Kier alpha value is -2.10. The smallest absolute Gasteiger partial charge is 0.223 e. The monoisotopic (exact) mass is 326 g/mol. The van der Waals surface area contributed by atoms with Gasteiger partial charge in [0.05, 0.1) is 6.20 Å². The van der Waals surface area contributed by atoms with E-state index in [-0.39, 0.29) is 5.91 Å². The van der Waals surface area contributed by atoms with E-state index in [2.05, 4.69) is 37.9 Å². The number of carbonyl (C=O) groups is 1. The largest absolute Gasteiger partial charge is 0.441 e. The molecule has 2 unspecified atom stereocenters. The number of aromatic nitrogens is 1. The zero-order valence-electron chi connectivity index (χ0n) is 14.8. The summed E-state index contributed by atoms with van der Waals surface area (Å²) < 4.78 is 5.81. The van der Waals surface area contributed by atoms with Crippen LogP contribution in [0.15, 0.2) is 34.9 Å². The quantitative estimate of drug-likeness (QED) is 0.850. The number of rotatable bonds is 4. The summed E-state index contributed by atoms with van der Waals surface area (Å²) in [6, 6.07) is 8.17. The van der Waals surface area contributed by atoms with Gasteiger partial charge in [0.15, 0.2) is 11.7 Å². The van der Waals surface area contributed by atoms with E-state index >= 15 is 0 Å². The molecule has 0 N–H and O–H groups in total. The first-order valence-electron chi connectivity index (χ1n) is 8.81.